The summed E-state index contributed by atoms with van der Waals surface area (Å²) in [5.74, 6) is -1.20. The van der Waals surface area contributed by atoms with Crippen LogP contribution in [0.2, 0.25) is 0 Å². The molecule has 6 heteroatoms. The number of carbonyl (C=O) groups excluding carboxylic acids is 3. The van der Waals surface area contributed by atoms with Crippen LogP contribution in [-0.4, -0.2) is 37.7 Å². The van der Waals surface area contributed by atoms with E-state index < -0.39 is 17.4 Å². The van der Waals surface area contributed by atoms with Gasteiger partial charge in [-0.2, -0.15) is 0 Å². The summed E-state index contributed by atoms with van der Waals surface area (Å²) >= 11 is 0. The van der Waals surface area contributed by atoms with Crippen LogP contribution in [0.1, 0.15) is 40.5 Å². The SMILES string of the molecule is CCC(=O)OCC(CC)(COC(C)=O)COC(C)=O. The van der Waals surface area contributed by atoms with Crippen LogP contribution < -0.4 is 0 Å². The van der Waals surface area contributed by atoms with Crippen molar-refractivity contribution in [3.05, 3.63) is 0 Å². The number of ether oxygens (including phenoxy) is 3. The number of hydrogen-bond acceptors (Lipinski definition) is 6. The van der Waals surface area contributed by atoms with Gasteiger partial charge in [-0.05, 0) is 6.42 Å². The molecule has 0 bridgehead atoms. The Labute approximate surface area is 113 Å². The third kappa shape index (κ3) is 7.43. The van der Waals surface area contributed by atoms with Gasteiger partial charge in [0.25, 0.3) is 0 Å². The van der Waals surface area contributed by atoms with Gasteiger partial charge in [0, 0.05) is 20.3 Å². The van der Waals surface area contributed by atoms with Crippen molar-refractivity contribution < 1.29 is 28.6 Å². The molecule has 0 saturated heterocycles. The smallest absolute Gasteiger partial charge is 0.305 e. The van der Waals surface area contributed by atoms with E-state index >= 15 is 0 Å². The van der Waals surface area contributed by atoms with Gasteiger partial charge in [-0.1, -0.05) is 13.8 Å². The van der Waals surface area contributed by atoms with Crippen LogP contribution in [0.3, 0.4) is 0 Å². The molecule has 6 nitrogen and oxygen atoms in total. The van der Waals surface area contributed by atoms with Crippen LogP contribution in [0.4, 0.5) is 0 Å². The van der Waals surface area contributed by atoms with Crippen molar-refractivity contribution in [1.82, 2.24) is 0 Å². The van der Waals surface area contributed by atoms with E-state index in [1.165, 1.54) is 13.8 Å². The Morgan fingerprint density at radius 3 is 1.58 bits per heavy atom. The lowest BCUT2D eigenvalue weighted by Crippen LogP contribution is -2.38. The van der Waals surface area contributed by atoms with E-state index in [0.29, 0.717) is 6.42 Å². The van der Waals surface area contributed by atoms with E-state index in [4.69, 9.17) is 14.2 Å². The molecule has 0 atom stereocenters. The normalized spacial score (nSPS) is 10.7. The quantitative estimate of drug-likeness (QED) is 0.492. The first-order valence-corrected chi connectivity index (χ1v) is 6.27. The van der Waals surface area contributed by atoms with Crippen LogP contribution in [0.5, 0.6) is 0 Å². The molecular formula is C13H22O6. The summed E-state index contributed by atoms with van der Waals surface area (Å²) in [6, 6.07) is 0. The summed E-state index contributed by atoms with van der Waals surface area (Å²) in [6.07, 6.45) is 0.811. The first-order valence-electron chi connectivity index (χ1n) is 6.27. The van der Waals surface area contributed by atoms with Gasteiger partial charge in [0.1, 0.15) is 19.8 Å². The minimum Gasteiger partial charge on any atom is -0.465 e. The Hall–Kier alpha value is -1.59. The predicted octanol–water partition coefficient (Wildman–Crippen LogP) is 1.46. The fourth-order valence-electron chi connectivity index (χ4n) is 1.28. The molecule has 19 heavy (non-hydrogen) atoms. The second kappa shape index (κ2) is 8.50. The summed E-state index contributed by atoms with van der Waals surface area (Å²) in [7, 11) is 0. The van der Waals surface area contributed by atoms with Crippen molar-refractivity contribution in [3.63, 3.8) is 0 Å². The summed E-state index contributed by atoms with van der Waals surface area (Å²) in [4.78, 5) is 33.0. The van der Waals surface area contributed by atoms with Crippen molar-refractivity contribution in [2.24, 2.45) is 5.41 Å². The molecule has 0 aliphatic rings. The predicted molar refractivity (Wildman–Crippen MR) is 67.2 cm³/mol. The summed E-state index contributed by atoms with van der Waals surface area (Å²) in [5, 5.41) is 0. The molecule has 110 valence electrons. The van der Waals surface area contributed by atoms with Crippen LogP contribution in [-0.2, 0) is 28.6 Å². The molecule has 0 N–H and O–H groups in total. The maximum Gasteiger partial charge on any atom is 0.305 e. The third-order valence-corrected chi connectivity index (χ3v) is 2.74. The van der Waals surface area contributed by atoms with Gasteiger partial charge in [0.2, 0.25) is 0 Å². The Balaban J connectivity index is 4.67. The van der Waals surface area contributed by atoms with Crippen LogP contribution in [0.25, 0.3) is 0 Å². The largest absolute Gasteiger partial charge is 0.465 e. The van der Waals surface area contributed by atoms with E-state index in [2.05, 4.69) is 0 Å². The molecule has 0 rings (SSSR count). The average Bonchev–Trinajstić information content (AvgIpc) is 2.37. The Morgan fingerprint density at radius 2 is 1.26 bits per heavy atom. The highest BCUT2D eigenvalue weighted by molar-refractivity contribution is 5.69. The first kappa shape index (κ1) is 17.4. The molecule has 0 aromatic carbocycles. The van der Waals surface area contributed by atoms with Gasteiger partial charge in [0.05, 0.1) is 5.41 Å². The second-order valence-corrected chi connectivity index (χ2v) is 4.43. The molecule has 0 unspecified atom stereocenters. The van der Waals surface area contributed by atoms with Crippen LogP contribution in [0.15, 0.2) is 0 Å². The van der Waals surface area contributed by atoms with Gasteiger partial charge in [0.15, 0.2) is 0 Å². The molecule has 0 fully saturated rings. The fourth-order valence-corrected chi connectivity index (χ4v) is 1.28. The van der Waals surface area contributed by atoms with Crippen molar-refractivity contribution in [3.8, 4) is 0 Å². The molecule has 0 heterocycles. The molecule has 0 aromatic rings. The molecule has 0 aliphatic heterocycles. The number of rotatable bonds is 8. The van der Waals surface area contributed by atoms with E-state index in [9.17, 15) is 14.4 Å². The standard InChI is InChI=1S/C13H22O6/c1-5-12(16)19-9-13(6-2,7-17-10(3)14)8-18-11(4)15/h5-9H2,1-4H3. The third-order valence-electron chi connectivity index (χ3n) is 2.74. The zero-order valence-electron chi connectivity index (χ0n) is 12.0. The minimum atomic E-state index is -0.692. The molecular weight excluding hydrogens is 252 g/mol. The molecule has 0 amide bonds. The van der Waals surface area contributed by atoms with Crippen molar-refractivity contribution >= 4 is 17.9 Å². The summed E-state index contributed by atoms with van der Waals surface area (Å²) < 4.78 is 15.0. The summed E-state index contributed by atoms with van der Waals surface area (Å²) in [5.41, 5.74) is -0.692. The van der Waals surface area contributed by atoms with E-state index in [0.717, 1.165) is 0 Å². The molecule has 0 aliphatic carbocycles. The van der Waals surface area contributed by atoms with E-state index in [-0.39, 0.29) is 32.2 Å². The van der Waals surface area contributed by atoms with Crippen molar-refractivity contribution in [1.29, 1.82) is 0 Å². The van der Waals surface area contributed by atoms with Gasteiger partial charge in [-0.25, -0.2) is 0 Å². The Morgan fingerprint density at radius 1 is 0.842 bits per heavy atom. The first-order chi connectivity index (χ1) is 8.85. The molecule has 0 saturated carbocycles. The zero-order valence-corrected chi connectivity index (χ0v) is 12.0. The molecule has 0 spiro atoms. The monoisotopic (exact) mass is 274 g/mol. The highest BCUT2D eigenvalue weighted by Gasteiger charge is 2.33. The van der Waals surface area contributed by atoms with Crippen LogP contribution in [0, 0.1) is 5.41 Å². The maximum atomic E-state index is 11.2. The zero-order chi connectivity index (χ0) is 14.9. The maximum absolute atomic E-state index is 11.2. The van der Waals surface area contributed by atoms with Crippen molar-refractivity contribution in [2.75, 3.05) is 19.8 Å². The molecule has 0 aromatic heterocycles. The van der Waals surface area contributed by atoms with Gasteiger partial charge >= 0.3 is 17.9 Å². The Bertz CT molecular complexity index is 305. The van der Waals surface area contributed by atoms with Crippen LogP contribution >= 0.6 is 0 Å². The van der Waals surface area contributed by atoms with Crippen molar-refractivity contribution in [2.45, 2.75) is 40.5 Å². The lowest BCUT2D eigenvalue weighted by atomic mass is 9.88. The average molecular weight is 274 g/mol. The highest BCUT2D eigenvalue weighted by Crippen LogP contribution is 2.24. The number of carbonyl (C=O) groups is 3. The second-order valence-electron chi connectivity index (χ2n) is 4.43. The van der Waals surface area contributed by atoms with E-state index in [1.54, 1.807) is 6.92 Å². The fraction of sp³-hybridized carbons (Fsp3) is 0.769. The minimum absolute atomic E-state index is 0.0447. The molecule has 0 radical (unpaired) electrons. The summed E-state index contributed by atoms with van der Waals surface area (Å²) in [6.45, 7) is 6.28. The number of hydrogen-bond donors (Lipinski definition) is 0. The highest BCUT2D eigenvalue weighted by atomic mass is 16.6. The van der Waals surface area contributed by atoms with Gasteiger partial charge in [-0.3, -0.25) is 14.4 Å². The van der Waals surface area contributed by atoms with E-state index in [1.807, 2.05) is 6.92 Å². The lowest BCUT2D eigenvalue weighted by Gasteiger charge is -2.30. The van der Waals surface area contributed by atoms with Gasteiger partial charge < -0.3 is 14.2 Å². The lowest BCUT2D eigenvalue weighted by molar-refractivity contribution is -0.160. The Kier molecular flexibility index (Phi) is 7.79. The van der Waals surface area contributed by atoms with Gasteiger partial charge in [-0.15, -0.1) is 0 Å². The number of esters is 3. The topological polar surface area (TPSA) is 78.9 Å².